The minimum absolute atomic E-state index is 0.133. The first-order valence-electron chi connectivity index (χ1n) is 9.65. The Morgan fingerprint density at radius 1 is 1.26 bits per heavy atom. The highest BCUT2D eigenvalue weighted by Crippen LogP contribution is 2.37. The van der Waals surface area contributed by atoms with E-state index in [4.69, 9.17) is 16.3 Å². The van der Waals surface area contributed by atoms with Crippen molar-refractivity contribution in [3.8, 4) is 11.3 Å². The average molecular weight is 455 g/mol. The van der Waals surface area contributed by atoms with E-state index in [-0.39, 0.29) is 18.0 Å². The number of benzene rings is 1. The van der Waals surface area contributed by atoms with Gasteiger partial charge in [-0.1, -0.05) is 17.7 Å². The van der Waals surface area contributed by atoms with Crippen LogP contribution in [0.25, 0.3) is 16.8 Å². The van der Waals surface area contributed by atoms with Crippen LogP contribution >= 0.6 is 11.6 Å². The molecule has 4 rings (SSSR count). The molecule has 164 valence electrons. The van der Waals surface area contributed by atoms with E-state index >= 15 is 0 Å². The Morgan fingerprint density at radius 3 is 2.68 bits per heavy atom. The first-order valence-corrected chi connectivity index (χ1v) is 10.0. The van der Waals surface area contributed by atoms with Crippen molar-refractivity contribution in [2.75, 3.05) is 19.8 Å². The van der Waals surface area contributed by atoms with E-state index < -0.39 is 28.2 Å². The van der Waals surface area contributed by atoms with Gasteiger partial charge in [0.1, 0.15) is 0 Å². The van der Waals surface area contributed by atoms with Gasteiger partial charge in [-0.2, -0.15) is 17.6 Å². The lowest BCUT2D eigenvalue weighted by Crippen LogP contribution is -2.55. The van der Waals surface area contributed by atoms with Gasteiger partial charge in [0.05, 0.1) is 28.9 Å². The first kappa shape index (κ1) is 21.6. The fourth-order valence-corrected chi connectivity index (χ4v) is 3.98. The molecule has 3 N–H and O–H groups in total. The molecular formula is C21H20ClF3N3O3+. The number of carbonyl (C=O) groups is 1. The predicted molar refractivity (Wildman–Crippen MR) is 107 cm³/mol. The summed E-state index contributed by atoms with van der Waals surface area (Å²) in [5, 5.41) is 12.3. The number of ether oxygens (including phenoxy) is 1. The summed E-state index contributed by atoms with van der Waals surface area (Å²) in [6, 6.07) is 8.73. The van der Waals surface area contributed by atoms with Crippen LogP contribution in [0.5, 0.6) is 0 Å². The largest absolute Gasteiger partial charge is 0.417 e. The van der Waals surface area contributed by atoms with Crippen molar-refractivity contribution in [2.24, 2.45) is 0 Å². The number of fused-ring (bicyclic) bond motifs is 1. The Hall–Kier alpha value is -2.62. The summed E-state index contributed by atoms with van der Waals surface area (Å²) >= 11 is 5.75. The summed E-state index contributed by atoms with van der Waals surface area (Å²) in [6.07, 6.45) is -2.06. The molecule has 1 saturated heterocycles. The second kappa shape index (κ2) is 8.14. The molecule has 31 heavy (non-hydrogen) atoms. The zero-order chi connectivity index (χ0) is 22.2. The number of aromatic amines is 1. The molecule has 1 aliphatic heterocycles. The van der Waals surface area contributed by atoms with Crippen LogP contribution in [0.1, 0.15) is 29.0 Å². The van der Waals surface area contributed by atoms with Gasteiger partial charge in [-0.25, -0.2) is 4.98 Å². The van der Waals surface area contributed by atoms with Crippen LogP contribution in [0.4, 0.5) is 13.2 Å². The zero-order valence-electron chi connectivity index (χ0n) is 16.3. The highest BCUT2D eigenvalue weighted by Gasteiger charge is 2.38. The molecule has 1 amide bonds. The molecule has 3 heterocycles. The lowest BCUT2D eigenvalue weighted by molar-refractivity contribution is -0.514. The van der Waals surface area contributed by atoms with Gasteiger partial charge in [0, 0.05) is 18.8 Å². The molecule has 0 radical (unpaired) electrons. The number of alkyl halides is 3. The molecule has 0 unspecified atom stereocenters. The van der Waals surface area contributed by atoms with Crippen molar-refractivity contribution < 1.29 is 32.2 Å². The van der Waals surface area contributed by atoms with Crippen LogP contribution in [0.15, 0.2) is 42.6 Å². The summed E-state index contributed by atoms with van der Waals surface area (Å²) in [5.41, 5.74) is -0.664. The highest BCUT2D eigenvalue weighted by atomic mass is 35.5. The number of amides is 1. The lowest BCUT2D eigenvalue weighted by Gasteiger charge is -2.35. The summed E-state index contributed by atoms with van der Waals surface area (Å²) in [5.74, 6) is -0.346. The second-order valence-electron chi connectivity index (χ2n) is 7.50. The van der Waals surface area contributed by atoms with Crippen LogP contribution < -0.4 is 9.72 Å². The zero-order valence-corrected chi connectivity index (χ0v) is 17.1. The number of pyridine rings is 1. The molecule has 6 nitrogen and oxygen atoms in total. The van der Waals surface area contributed by atoms with Gasteiger partial charge in [0.15, 0.2) is 11.2 Å². The van der Waals surface area contributed by atoms with E-state index in [0.717, 1.165) is 6.07 Å². The molecule has 10 heteroatoms. The molecule has 0 saturated carbocycles. The number of aliphatic hydroxyl groups excluding tert-OH is 1. The Kier molecular flexibility index (Phi) is 5.67. The number of aromatic nitrogens is 2. The number of rotatable bonds is 4. The third-order valence-electron chi connectivity index (χ3n) is 5.51. The van der Waals surface area contributed by atoms with Gasteiger partial charge in [0.2, 0.25) is 0 Å². The van der Waals surface area contributed by atoms with Gasteiger partial charge < -0.3 is 15.2 Å². The Bertz CT molecular complexity index is 1120. The van der Waals surface area contributed by atoms with E-state index in [0.29, 0.717) is 37.3 Å². The molecule has 0 aliphatic carbocycles. The van der Waals surface area contributed by atoms with Crippen LogP contribution in [-0.4, -0.2) is 41.4 Å². The quantitative estimate of drug-likeness (QED) is 0.529. The second-order valence-corrected chi connectivity index (χ2v) is 7.91. The summed E-state index contributed by atoms with van der Waals surface area (Å²) in [6.45, 7) is 0.579. The van der Waals surface area contributed by atoms with Gasteiger partial charge in [0.25, 0.3) is 0 Å². The SMILES string of the molecule is O=C(NC1(CO)CCOCC1)c1[nH]c(-c2ccc(Cl)c(C(F)(F)F)c2)c2cccc[n+]12. The number of halogens is 4. The van der Waals surface area contributed by atoms with Crippen molar-refractivity contribution in [1.82, 2.24) is 10.3 Å². The molecular weight excluding hydrogens is 435 g/mol. The Morgan fingerprint density at radius 2 is 2.00 bits per heavy atom. The fraction of sp³-hybridized carbons (Fsp3) is 0.333. The molecule has 1 aromatic carbocycles. The minimum atomic E-state index is -4.61. The summed E-state index contributed by atoms with van der Waals surface area (Å²) in [4.78, 5) is 16.1. The maximum Gasteiger partial charge on any atom is 0.417 e. The number of nitrogens with one attached hydrogen (secondary N) is 2. The van der Waals surface area contributed by atoms with Crippen LogP contribution in [-0.2, 0) is 10.9 Å². The standard InChI is InChI=1S/C21H19ClF3N3O3/c22-15-5-4-13(11-14(15)21(23,24)25)17-16-3-1-2-8-28(16)18(26-17)19(30)27-20(12-29)6-9-31-10-7-20/h1-5,8,11,29H,6-7,9-10,12H2,(H,27,30)/p+1. The minimum Gasteiger partial charge on any atom is -0.394 e. The monoisotopic (exact) mass is 454 g/mol. The van der Waals surface area contributed by atoms with Crippen molar-refractivity contribution >= 4 is 23.0 Å². The molecule has 0 atom stereocenters. The predicted octanol–water partition coefficient (Wildman–Crippen LogP) is 3.36. The topological polar surface area (TPSA) is 78.4 Å². The fourth-order valence-electron chi connectivity index (χ4n) is 3.75. The Balaban J connectivity index is 1.78. The number of hydrogen-bond acceptors (Lipinski definition) is 3. The van der Waals surface area contributed by atoms with E-state index in [1.165, 1.54) is 12.1 Å². The van der Waals surface area contributed by atoms with Gasteiger partial charge in [-0.15, -0.1) is 0 Å². The van der Waals surface area contributed by atoms with E-state index in [9.17, 15) is 23.1 Å². The number of carbonyl (C=O) groups excluding carboxylic acids is 1. The molecule has 1 fully saturated rings. The van der Waals surface area contributed by atoms with Crippen molar-refractivity contribution in [1.29, 1.82) is 0 Å². The normalized spacial score (nSPS) is 16.4. The van der Waals surface area contributed by atoms with Gasteiger partial charge in [-0.05, 0) is 43.2 Å². The van der Waals surface area contributed by atoms with Crippen molar-refractivity contribution in [2.45, 2.75) is 24.6 Å². The van der Waals surface area contributed by atoms with Crippen LogP contribution in [0.2, 0.25) is 5.02 Å². The number of aliphatic hydroxyl groups is 1. The third kappa shape index (κ3) is 4.13. The summed E-state index contributed by atoms with van der Waals surface area (Å²) in [7, 11) is 0. The number of hydrogen-bond donors (Lipinski definition) is 3. The maximum absolute atomic E-state index is 13.3. The molecule has 0 spiro atoms. The summed E-state index contributed by atoms with van der Waals surface area (Å²) < 4.78 is 46.9. The van der Waals surface area contributed by atoms with Crippen molar-refractivity contribution in [3.63, 3.8) is 0 Å². The van der Waals surface area contributed by atoms with Crippen molar-refractivity contribution in [3.05, 3.63) is 59.0 Å². The average Bonchev–Trinajstić information content (AvgIpc) is 3.14. The number of nitrogens with zero attached hydrogens (tertiary/aromatic N) is 1. The lowest BCUT2D eigenvalue weighted by atomic mass is 9.91. The van der Waals surface area contributed by atoms with Crippen LogP contribution in [0.3, 0.4) is 0 Å². The van der Waals surface area contributed by atoms with E-state index in [1.807, 2.05) is 0 Å². The smallest absolute Gasteiger partial charge is 0.394 e. The van der Waals surface area contributed by atoms with Crippen LogP contribution in [0, 0.1) is 0 Å². The molecule has 0 bridgehead atoms. The highest BCUT2D eigenvalue weighted by molar-refractivity contribution is 6.31. The third-order valence-corrected chi connectivity index (χ3v) is 5.84. The molecule has 3 aromatic rings. The number of imidazole rings is 1. The molecule has 1 aliphatic rings. The Labute approximate surface area is 180 Å². The van der Waals surface area contributed by atoms with E-state index in [1.54, 1.807) is 28.8 Å². The number of H-pyrrole nitrogens is 1. The maximum atomic E-state index is 13.3. The first-order chi connectivity index (χ1) is 14.7. The van der Waals surface area contributed by atoms with Gasteiger partial charge in [-0.3, -0.25) is 4.79 Å². The van der Waals surface area contributed by atoms with E-state index in [2.05, 4.69) is 10.3 Å². The van der Waals surface area contributed by atoms with Gasteiger partial charge >= 0.3 is 17.9 Å². The molecule has 2 aromatic heterocycles.